The van der Waals surface area contributed by atoms with E-state index < -0.39 is 0 Å². The van der Waals surface area contributed by atoms with Crippen LogP contribution in [0.1, 0.15) is 30.1 Å². The van der Waals surface area contributed by atoms with E-state index in [-0.39, 0.29) is 0 Å². The summed E-state index contributed by atoms with van der Waals surface area (Å²) >= 11 is 3.57. The second-order valence-electron chi connectivity index (χ2n) is 4.90. The smallest absolute Gasteiger partial charge is 0.142 e. The highest BCUT2D eigenvalue weighted by atomic mass is 32.2. The molecule has 0 amide bonds. The van der Waals surface area contributed by atoms with Crippen LogP contribution in [-0.2, 0) is 5.75 Å². The fraction of sp³-hybridized carbons (Fsp3) is 0.538. The Morgan fingerprint density at radius 3 is 2.67 bits per heavy atom. The number of fused-ring (bicyclic) bond motifs is 1. The number of anilines is 1. The van der Waals surface area contributed by atoms with Crippen LogP contribution in [0, 0.1) is 19.8 Å². The molecular formula is C13H19N3S2. The monoisotopic (exact) mass is 281 g/mol. The quantitative estimate of drug-likeness (QED) is 0.926. The predicted octanol–water partition coefficient (Wildman–Crippen LogP) is 3.78. The lowest BCUT2D eigenvalue weighted by atomic mass is 10.2. The molecule has 98 valence electrons. The molecule has 2 heterocycles. The number of aryl methyl sites for hydroxylation is 2. The molecule has 0 unspecified atom stereocenters. The number of thiophene rings is 1. The van der Waals surface area contributed by atoms with E-state index in [1.165, 1.54) is 10.4 Å². The van der Waals surface area contributed by atoms with Crippen molar-refractivity contribution >= 4 is 39.1 Å². The van der Waals surface area contributed by atoms with Gasteiger partial charge in [0.1, 0.15) is 16.5 Å². The van der Waals surface area contributed by atoms with Gasteiger partial charge >= 0.3 is 0 Å². The highest BCUT2D eigenvalue weighted by molar-refractivity contribution is 7.98. The molecule has 2 aromatic rings. The molecule has 3 nitrogen and oxygen atoms in total. The van der Waals surface area contributed by atoms with Gasteiger partial charge in [0.15, 0.2) is 0 Å². The molecule has 2 rings (SSSR count). The Balaban J connectivity index is 2.26. The van der Waals surface area contributed by atoms with E-state index in [1.54, 1.807) is 11.3 Å². The third-order valence-corrected chi connectivity index (χ3v) is 5.25. The number of rotatable bonds is 4. The van der Waals surface area contributed by atoms with Crippen LogP contribution in [0.5, 0.6) is 0 Å². The summed E-state index contributed by atoms with van der Waals surface area (Å²) < 4.78 is 0. The minimum Gasteiger partial charge on any atom is -0.383 e. The minimum absolute atomic E-state index is 0.627. The van der Waals surface area contributed by atoms with Gasteiger partial charge in [0, 0.05) is 4.88 Å². The fourth-order valence-corrected chi connectivity index (χ4v) is 3.73. The summed E-state index contributed by atoms with van der Waals surface area (Å²) in [5.41, 5.74) is 7.27. The molecule has 0 radical (unpaired) electrons. The first-order valence-corrected chi connectivity index (χ1v) is 8.06. The van der Waals surface area contributed by atoms with Gasteiger partial charge in [-0.3, -0.25) is 0 Å². The van der Waals surface area contributed by atoms with Crippen LogP contribution in [0.4, 0.5) is 5.82 Å². The van der Waals surface area contributed by atoms with Crippen LogP contribution >= 0.6 is 23.1 Å². The van der Waals surface area contributed by atoms with Crippen molar-refractivity contribution in [2.75, 3.05) is 11.5 Å². The molecule has 0 aliphatic rings. The van der Waals surface area contributed by atoms with Crippen LogP contribution in [0.2, 0.25) is 0 Å². The van der Waals surface area contributed by atoms with Crippen molar-refractivity contribution in [1.29, 1.82) is 0 Å². The number of hydrogen-bond acceptors (Lipinski definition) is 5. The zero-order valence-electron chi connectivity index (χ0n) is 11.3. The van der Waals surface area contributed by atoms with Gasteiger partial charge in [0.25, 0.3) is 0 Å². The summed E-state index contributed by atoms with van der Waals surface area (Å²) in [7, 11) is 0. The molecule has 18 heavy (non-hydrogen) atoms. The van der Waals surface area contributed by atoms with Gasteiger partial charge in [0.05, 0.1) is 11.1 Å². The fourth-order valence-electron chi connectivity index (χ4n) is 1.78. The third-order valence-electron chi connectivity index (χ3n) is 2.79. The topological polar surface area (TPSA) is 51.8 Å². The maximum Gasteiger partial charge on any atom is 0.142 e. The Morgan fingerprint density at radius 2 is 2.00 bits per heavy atom. The van der Waals surface area contributed by atoms with Crippen molar-refractivity contribution in [3.63, 3.8) is 0 Å². The molecular weight excluding hydrogens is 262 g/mol. The van der Waals surface area contributed by atoms with E-state index in [2.05, 4.69) is 37.7 Å². The third kappa shape index (κ3) is 2.78. The lowest BCUT2D eigenvalue weighted by molar-refractivity contribution is 0.750. The lowest BCUT2D eigenvalue weighted by Gasteiger charge is -2.05. The van der Waals surface area contributed by atoms with Crippen LogP contribution in [0.3, 0.4) is 0 Å². The van der Waals surface area contributed by atoms with E-state index in [9.17, 15) is 0 Å². The number of nitrogens with two attached hydrogens (primary N) is 1. The molecule has 0 aliphatic carbocycles. The summed E-state index contributed by atoms with van der Waals surface area (Å²) in [5.74, 6) is 4.15. The summed E-state index contributed by atoms with van der Waals surface area (Å²) in [6.07, 6.45) is 0. The van der Waals surface area contributed by atoms with E-state index in [0.717, 1.165) is 27.5 Å². The van der Waals surface area contributed by atoms with Gasteiger partial charge < -0.3 is 5.73 Å². The summed E-state index contributed by atoms with van der Waals surface area (Å²) in [5, 5.41) is 1.04. The molecule has 0 saturated heterocycles. The average molecular weight is 281 g/mol. The van der Waals surface area contributed by atoms with Crippen LogP contribution in [0.25, 0.3) is 10.2 Å². The normalized spacial score (nSPS) is 11.6. The molecule has 2 N–H and O–H groups in total. The van der Waals surface area contributed by atoms with Crippen LogP contribution < -0.4 is 5.73 Å². The van der Waals surface area contributed by atoms with Gasteiger partial charge in [-0.05, 0) is 31.1 Å². The van der Waals surface area contributed by atoms with Gasteiger partial charge in [0.2, 0.25) is 0 Å². The first-order valence-electron chi connectivity index (χ1n) is 6.09. The maximum atomic E-state index is 6.05. The Morgan fingerprint density at radius 1 is 1.28 bits per heavy atom. The SMILES string of the molecule is Cc1sc2nc(CSCC(C)C)nc(N)c2c1C. The predicted molar refractivity (Wildman–Crippen MR) is 82.3 cm³/mol. The number of hydrogen-bond donors (Lipinski definition) is 1. The van der Waals surface area contributed by atoms with Crippen molar-refractivity contribution in [2.45, 2.75) is 33.4 Å². The second kappa shape index (κ2) is 5.45. The highest BCUT2D eigenvalue weighted by Crippen LogP contribution is 2.32. The average Bonchev–Trinajstić information content (AvgIpc) is 2.54. The van der Waals surface area contributed by atoms with Gasteiger partial charge in [-0.2, -0.15) is 11.8 Å². The molecule has 2 aromatic heterocycles. The van der Waals surface area contributed by atoms with E-state index in [0.29, 0.717) is 11.7 Å². The number of nitrogen functional groups attached to an aromatic ring is 1. The van der Waals surface area contributed by atoms with Crippen molar-refractivity contribution in [2.24, 2.45) is 5.92 Å². The number of aromatic nitrogens is 2. The van der Waals surface area contributed by atoms with Crippen molar-refractivity contribution in [1.82, 2.24) is 9.97 Å². The van der Waals surface area contributed by atoms with Crippen LogP contribution in [-0.4, -0.2) is 15.7 Å². The Hall–Kier alpha value is -0.810. The maximum absolute atomic E-state index is 6.05. The first-order chi connectivity index (χ1) is 8.49. The molecule has 5 heteroatoms. The zero-order valence-corrected chi connectivity index (χ0v) is 12.9. The van der Waals surface area contributed by atoms with Gasteiger partial charge in [-0.15, -0.1) is 11.3 Å². The minimum atomic E-state index is 0.627. The Kier molecular flexibility index (Phi) is 4.12. The summed E-state index contributed by atoms with van der Waals surface area (Å²) in [4.78, 5) is 11.3. The molecule has 0 atom stereocenters. The molecule has 0 saturated carbocycles. The van der Waals surface area contributed by atoms with Crippen molar-refractivity contribution in [3.05, 3.63) is 16.3 Å². The van der Waals surface area contributed by atoms with Crippen LogP contribution in [0.15, 0.2) is 0 Å². The Labute approximate surface area is 116 Å². The van der Waals surface area contributed by atoms with Gasteiger partial charge in [-0.25, -0.2) is 9.97 Å². The van der Waals surface area contributed by atoms with Crippen molar-refractivity contribution < 1.29 is 0 Å². The molecule has 0 bridgehead atoms. The van der Waals surface area contributed by atoms with Gasteiger partial charge in [-0.1, -0.05) is 13.8 Å². The second-order valence-corrected chi connectivity index (χ2v) is 7.13. The standard InChI is InChI=1S/C13H19N3S2/c1-7(2)5-17-6-10-15-12(14)11-8(3)9(4)18-13(11)16-10/h7H,5-6H2,1-4H3,(H2,14,15,16). The largest absolute Gasteiger partial charge is 0.383 e. The number of nitrogens with zero attached hydrogens (tertiary/aromatic N) is 2. The van der Waals surface area contributed by atoms with Crippen molar-refractivity contribution in [3.8, 4) is 0 Å². The van der Waals surface area contributed by atoms with E-state index in [4.69, 9.17) is 5.73 Å². The van der Waals surface area contributed by atoms with E-state index in [1.807, 2.05) is 11.8 Å². The highest BCUT2D eigenvalue weighted by Gasteiger charge is 2.12. The summed E-state index contributed by atoms with van der Waals surface area (Å²) in [6, 6.07) is 0. The Bertz CT molecular complexity index is 561. The molecule has 0 aliphatic heterocycles. The first kappa shape index (κ1) is 13.6. The lowest BCUT2D eigenvalue weighted by Crippen LogP contribution is -2.00. The molecule has 0 fully saturated rings. The zero-order chi connectivity index (χ0) is 13.3. The van der Waals surface area contributed by atoms with E-state index >= 15 is 0 Å². The number of thioether (sulfide) groups is 1. The molecule has 0 spiro atoms. The molecule has 0 aromatic carbocycles. The summed E-state index contributed by atoms with van der Waals surface area (Å²) in [6.45, 7) is 8.63.